The zero-order valence-electron chi connectivity index (χ0n) is 11.8. The second-order valence-corrected chi connectivity index (χ2v) is 5.07. The van der Waals surface area contributed by atoms with E-state index in [1.807, 2.05) is 0 Å². The van der Waals surface area contributed by atoms with E-state index in [-0.39, 0.29) is 6.61 Å². The second kappa shape index (κ2) is 5.52. The lowest BCUT2D eigenvalue weighted by Gasteiger charge is -2.17. The van der Waals surface area contributed by atoms with Crippen LogP contribution in [0.5, 0.6) is 0 Å². The first-order chi connectivity index (χ1) is 10.5. The Balaban J connectivity index is 1.87. The molecule has 0 amide bonds. The van der Waals surface area contributed by atoms with Crippen LogP contribution in [0.1, 0.15) is 13.2 Å². The summed E-state index contributed by atoms with van der Waals surface area (Å²) in [4.78, 5) is 18.9. The van der Waals surface area contributed by atoms with Crippen LogP contribution in [-0.4, -0.2) is 55.6 Å². The number of carbonyl (C=O) groups is 1. The SMILES string of the molecule is CC(=O)OC[C@H]1O[C@@H](n2ccc3c(N)ncnc32)[C@H](O)[C@@H]1O. The number of rotatable bonds is 3. The van der Waals surface area contributed by atoms with Crippen LogP contribution >= 0.6 is 0 Å². The Hall–Kier alpha value is -2.23. The quantitative estimate of drug-likeness (QED) is 0.627. The van der Waals surface area contributed by atoms with Crippen LogP contribution in [0.2, 0.25) is 0 Å². The highest BCUT2D eigenvalue weighted by molar-refractivity contribution is 5.86. The van der Waals surface area contributed by atoms with Crippen molar-refractivity contribution < 1.29 is 24.5 Å². The Bertz CT molecular complexity index is 703. The average Bonchev–Trinajstić information content (AvgIpc) is 3.01. The Morgan fingerprint density at radius 3 is 2.95 bits per heavy atom. The lowest BCUT2D eigenvalue weighted by molar-refractivity contribution is -0.147. The van der Waals surface area contributed by atoms with Crippen molar-refractivity contribution in [2.75, 3.05) is 12.3 Å². The maximum absolute atomic E-state index is 10.9. The number of anilines is 1. The molecule has 4 atom stereocenters. The lowest BCUT2D eigenvalue weighted by atomic mass is 10.1. The van der Waals surface area contributed by atoms with Gasteiger partial charge in [-0.3, -0.25) is 4.79 Å². The van der Waals surface area contributed by atoms with Crippen LogP contribution in [0.15, 0.2) is 18.6 Å². The van der Waals surface area contributed by atoms with Gasteiger partial charge in [0.05, 0.1) is 5.39 Å². The first kappa shape index (κ1) is 14.7. The van der Waals surface area contributed by atoms with Gasteiger partial charge in [0.2, 0.25) is 0 Å². The van der Waals surface area contributed by atoms with E-state index in [1.54, 1.807) is 16.8 Å². The summed E-state index contributed by atoms with van der Waals surface area (Å²) >= 11 is 0. The maximum Gasteiger partial charge on any atom is 0.302 e. The molecule has 2 aromatic rings. The van der Waals surface area contributed by atoms with E-state index in [1.165, 1.54) is 13.3 Å². The molecule has 1 fully saturated rings. The van der Waals surface area contributed by atoms with E-state index < -0.39 is 30.5 Å². The lowest BCUT2D eigenvalue weighted by Crippen LogP contribution is -2.34. The Morgan fingerprint density at radius 2 is 2.23 bits per heavy atom. The Kier molecular flexibility index (Phi) is 3.69. The number of aliphatic hydroxyl groups is 2. The molecule has 0 bridgehead atoms. The molecule has 118 valence electrons. The molecule has 3 heterocycles. The molecule has 0 unspecified atom stereocenters. The third-order valence-electron chi connectivity index (χ3n) is 3.60. The third kappa shape index (κ3) is 2.39. The molecule has 0 spiro atoms. The number of esters is 1. The number of nitrogen functional groups attached to an aromatic ring is 1. The molecule has 0 aromatic carbocycles. The number of aliphatic hydroxyl groups excluding tert-OH is 2. The normalized spacial score (nSPS) is 28.1. The first-order valence-corrected chi connectivity index (χ1v) is 6.71. The van der Waals surface area contributed by atoms with Crippen molar-refractivity contribution in [1.82, 2.24) is 14.5 Å². The van der Waals surface area contributed by atoms with Gasteiger partial charge in [-0.2, -0.15) is 0 Å². The van der Waals surface area contributed by atoms with Gasteiger partial charge in [-0.25, -0.2) is 9.97 Å². The Labute approximate surface area is 125 Å². The summed E-state index contributed by atoms with van der Waals surface area (Å²) in [5.41, 5.74) is 6.25. The van der Waals surface area contributed by atoms with Gasteiger partial charge in [0.25, 0.3) is 0 Å². The summed E-state index contributed by atoms with van der Waals surface area (Å²) in [5.74, 6) is -0.172. The highest BCUT2D eigenvalue weighted by Crippen LogP contribution is 2.32. The van der Waals surface area contributed by atoms with Crippen molar-refractivity contribution in [3.63, 3.8) is 0 Å². The molecule has 22 heavy (non-hydrogen) atoms. The van der Waals surface area contributed by atoms with Crippen LogP contribution in [0.25, 0.3) is 11.0 Å². The van der Waals surface area contributed by atoms with Crippen LogP contribution in [0.4, 0.5) is 5.82 Å². The largest absolute Gasteiger partial charge is 0.463 e. The summed E-state index contributed by atoms with van der Waals surface area (Å²) in [6, 6.07) is 1.70. The summed E-state index contributed by atoms with van der Waals surface area (Å²) in [6.45, 7) is 1.12. The van der Waals surface area contributed by atoms with Crippen LogP contribution in [0, 0.1) is 0 Å². The molecule has 9 nitrogen and oxygen atoms in total. The number of hydrogen-bond donors (Lipinski definition) is 3. The summed E-state index contributed by atoms with van der Waals surface area (Å²) < 4.78 is 12.0. The van der Waals surface area contributed by atoms with Gasteiger partial charge in [-0.15, -0.1) is 0 Å². The molecular formula is C13H16N4O5. The molecule has 0 saturated carbocycles. The molecular weight excluding hydrogens is 292 g/mol. The van der Waals surface area contributed by atoms with Gasteiger partial charge in [0.1, 0.15) is 42.7 Å². The minimum absolute atomic E-state index is 0.139. The van der Waals surface area contributed by atoms with Gasteiger partial charge >= 0.3 is 5.97 Å². The molecule has 2 aromatic heterocycles. The highest BCUT2D eigenvalue weighted by atomic mass is 16.6. The summed E-state index contributed by atoms with van der Waals surface area (Å²) in [5, 5.41) is 20.8. The molecule has 1 aliphatic rings. The molecule has 4 N–H and O–H groups in total. The van der Waals surface area contributed by atoms with E-state index in [2.05, 4.69) is 9.97 Å². The van der Waals surface area contributed by atoms with Crippen LogP contribution in [-0.2, 0) is 14.3 Å². The van der Waals surface area contributed by atoms with E-state index in [0.29, 0.717) is 16.9 Å². The maximum atomic E-state index is 10.9. The fourth-order valence-electron chi connectivity index (χ4n) is 2.49. The van der Waals surface area contributed by atoms with Gasteiger partial charge in [0.15, 0.2) is 6.23 Å². The molecule has 0 aliphatic carbocycles. The van der Waals surface area contributed by atoms with Gasteiger partial charge in [-0.05, 0) is 6.07 Å². The number of aromatic nitrogens is 3. The zero-order valence-corrected chi connectivity index (χ0v) is 11.8. The highest BCUT2D eigenvalue weighted by Gasteiger charge is 2.44. The molecule has 1 aliphatic heterocycles. The van der Waals surface area contributed by atoms with Crippen molar-refractivity contribution in [1.29, 1.82) is 0 Å². The van der Waals surface area contributed by atoms with Crippen molar-refractivity contribution in [3.05, 3.63) is 18.6 Å². The number of hydrogen-bond acceptors (Lipinski definition) is 8. The van der Waals surface area contributed by atoms with Crippen molar-refractivity contribution in [2.45, 2.75) is 31.5 Å². The van der Waals surface area contributed by atoms with Crippen LogP contribution < -0.4 is 5.73 Å². The van der Waals surface area contributed by atoms with Gasteiger partial charge in [0, 0.05) is 13.1 Å². The predicted octanol–water partition coefficient (Wildman–Crippen LogP) is -0.804. The van der Waals surface area contributed by atoms with Crippen molar-refractivity contribution in [3.8, 4) is 0 Å². The monoisotopic (exact) mass is 308 g/mol. The Morgan fingerprint density at radius 1 is 1.45 bits per heavy atom. The third-order valence-corrected chi connectivity index (χ3v) is 3.60. The minimum Gasteiger partial charge on any atom is -0.463 e. The van der Waals surface area contributed by atoms with Gasteiger partial charge < -0.3 is 30.0 Å². The average molecular weight is 308 g/mol. The standard InChI is InChI=1S/C13H16N4O5/c1-6(18)21-4-8-9(19)10(20)13(22-8)17-3-2-7-11(14)15-5-16-12(7)17/h2-3,5,8-10,13,19-20H,4H2,1H3,(H2,14,15,16)/t8-,9-,10-,13-/m1/s1. The minimum atomic E-state index is -1.19. The molecule has 1 saturated heterocycles. The van der Waals surface area contributed by atoms with E-state index in [9.17, 15) is 15.0 Å². The van der Waals surface area contributed by atoms with Crippen LogP contribution in [0.3, 0.4) is 0 Å². The second-order valence-electron chi connectivity index (χ2n) is 5.07. The number of nitrogens with zero attached hydrogens (tertiary/aromatic N) is 3. The smallest absolute Gasteiger partial charge is 0.302 e. The fourth-order valence-corrected chi connectivity index (χ4v) is 2.49. The van der Waals surface area contributed by atoms with Crippen molar-refractivity contribution in [2.24, 2.45) is 0 Å². The number of carbonyl (C=O) groups excluding carboxylic acids is 1. The summed E-state index contributed by atoms with van der Waals surface area (Å²) in [6.07, 6.45) is -1.09. The number of ether oxygens (including phenoxy) is 2. The van der Waals surface area contributed by atoms with E-state index >= 15 is 0 Å². The fraction of sp³-hybridized carbons (Fsp3) is 0.462. The van der Waals surface area contributed by atoms with E-state index in [0.717, 1.165) is 0 Å². The molecule has 3 rings (SSSR count). The first-order valence-electron chi connectivity index (χ1n) is 6.71. The predicted molar refractivity (Wildman–Crippen MR) is 74.5 cm³/mol. The van der Waals surface area contributed by atoms with Crippen molar-refractivity contribution >= 4 is 22.8 Å². The number of fused-ring (bicyclic) bond motifs is 1. The number of nitrogens with two attached hydrogens (primary N) is 1. The van der Waals surface area contributed by atoms with E-state index in [4.69, 9.17) is 15.2 Å². The van der Waals surface area contributed by atoms with Gasteiger partial charge in [-0.1, -0.05) is 0 Å². The zero-order chi connectivity index (χ0) is 15.9. The topological polar surface area (TPSA) is 133 Å². The summed E-state index contributed by atoms with van der Waals surface area (Å²) in [7, 11) is 0. The molecule has 0 radical (unpaired) electrons. The molecule has 9 heteroatoms.